The van der Waals surface area contributed by atoms with Crippen LogP contribution in [-0.4, -0.2) is 15.0 Å². The number of aromatic amines is 1. The molecule has 0 unspecified atom stereocenters. The van der Waals surface area contributed by atoms with Gasteiger partial charge in [-0.2, -0.15) is 4.98 Å². The van der Waals surface area contributed by atoms with Crippen molar-refractivity contribution in [1.82, 2.24) is 15.0 Å². The van der Waals surface area contributed by atoms with Crippen LogP contribution in [0, 0.1) is 0 Å². The van der Waals surface area contributed by atoms with E-state index in [1.807, 2.05) is 12.1 Å². The molecule has 2 aromatic heterocycles. The van der Waals surface area contributed by atoms with Gasteiger partial charge >= 0.3 is 0 Å². The standard InChI is InChI=1S/C19H19N3O/c1-2-3-14-4-6-15(7-5-14)12-18-21-17(13-19(23)22-18)16-8-10-20-11-9-16/h4-11,13H,2-3,12H2,1H3,(H,21,22,23). The molecule has 116 valence electrons. The maximum Gasteiger partial charge on any atom is 0.273 e. The van der Waals surface area contributed by atoms with Crippen molar-refractivity contribution in [1.29, 1.82) is 0 Å². The molecule has 0 saturated heterocycles. The minimum Gasteiger partial charge on any atom is -0.343 e. The molecule has 2 heterocycles. The zero-order valence-electron chi connectivity index (χ0n) is 13.1. The lowest BCUT2D eigenvalue weighted by Crippen LogP contribution is -2.11. The van der Waals surface area contributed by atoms with Crippen molar-refractivity contribution in [3.05, 3.63) is 82.2 Å². The fourth-order valence-electron chi connectivity index (χ4n) is 2.58. The maximum atomic E-state index is 11.9. The highest BCUT2D eigenvalue weighted by Gasteiger charge is 2.05. The highest BCUT2D eigenvalue weighted by molar-refractivity contribution is 5.57. The van der Waals surface area contributed by atoms with Gasteiger partial charge < -0.3 is 4.98 Å². The molecule has 0 aliphatic heterocycles. The van der Waals surface area contributed by atoms with Gasteiger partial charge in [0.2, 0.25) is 0 Å². The molecule has 0 radical (unpaired) electrons. The molecule has 4 nitrogen and oxygen atoms in total. The van der Waals surface area contributed by atoms with Gasteiger partial charge in [0.1, 0.15) is 5.82 Å². The summed E-state index contributed by atoms with van der Waals surface area (Å²) in [6, 6.07) is 13.7. The molecule has 3 rings (SSSR count). The summed E-state index contributed by atoms with van der Waals surface area (Å²) in [5.74, 6) is 0.674. The monoisotopic (exact) mass is 305 g/mol. The largest absolute Gasteiger partial charge is 0.343 e. The zero-order valence-corrected chi connectivity index (χ0v) is 13.1. The average molecular weight is 305 g/mol. The third kappa shape index (κ3) is 3.92. The van der Waals surface area contributed by atoms with Gasteiger partial charge in [-0.05, 0) is 29.7 Å². The van der Waals surface area contributed by atoms with Gasteiger partial charge in [0, 0.05) is 30.4 Å². The first-order chi connectivity index (χ1) is 11.2. The summed E-state index contributed by atoms with van der Waals surface area (Å²) in [6.07, 6.45) is 6.26. The van der Waals surface area contributed by atoms with E-state index in [9.17, 15) is 4.79 Å². The third-order valence-electron chi connectivity index (χ3n) is 3.72. The van der Waals surface area contributed by atoms with Crippen LogP contribution in [0.5, 0.6) is 0 Å². The molecule has 0 amide bonds. The number of hydrogen-bond acceptors (Lipinski definition) is 3. The average Bonchev–Trinajstić information content (AvgIpc) is 2.57. The molecule has 0 fully saturated rings. The van der Waals surface area contributed by atoms with E-state index in [4.69, 9.17) is 0 Å². The van der Waals surface area contributed by atoms with E-state index in [2.05, 4.69) is 46.1 Å². The number of pyridine rings is 1. The molecule has 0 aliphatic rings. The topological polar surface area (TPSA) is 58.6 Å². The summed E-state index contributed by atoms with van der Waals surface area (Å²) in [7, 11) is 0. The Labute approximate surface area is 135 Å². The molecule has 3 aromatic rings. The van der Waals surface area contributed by atoms with E-state index in [1.165, 1.54) is 11.6 Å². The van der Waals surface area contributed by atoms with E-state index in [0.717, 1.165) is 29.7 Å². The minimum atomic E-state index is -0.229. The number of aromatic nitrogens is 3. The number of benzene rings is 1. The Morgan fingerprint density at radius 3 is 2.39 bits per heavy atom. The molecule has 0 saturated carbocycles. The smallest absolute Gasteiger partial charge is 0.273 e. The Morgan fingerprint density at radius 2 is 1.70 bits per heavy atom. The quantitative estimate of drug-likeness (QED) is 0.786. The van der Waals surface area contributed by atoms with Crippen LogP contribution >= 0.6 is 0 Å². The predicted molar refractivity (Wildman–Crippen MR) is 91.3 cm³/mol. The van der Waals surface area contributed by atoms with Crippen LogP contribution < -0.4 is 5.56 Å². The molecule has 1 N–H and O–H groups in total. The van der Waals surface area contributed by atoms with Crippen molar-refractivity contribution in [2.45, 2.75) is 26.2 Å². The van der Waals surface area contributed by atoms with Crippen LogP contribution in [0.4, 0.5) is 0 Å². The molecule has 0 spiro atoms. The van der Waals surface area contributed by atoms with E-state index in [0.29, 0.717) is 12.2 Å². The maximum absolute atomic E-state index is 11.9. The Kier molecular flexibility index (Phi) is 4.62. The first kappa shape index (κ1) is 15.2. The fraction of sp³-hybridized carbons (Fsp3) is 0.211. The lowest BCUT2D eigenvalue weighted by atomic mass is 10.1. The van der Waals surface area contributed by atoms with Crippen molar-refractivity contribution < 1.29 is 0 Å². The van der Waals surface area contributed by atoms with Gasteiger partial charge in [0.05, 0.1) is 5.69 Å². The summed E-state index contributed by atoms with van der Waals surface area (Å²) >= 11 is 0. The van der Waals surface area contributed by atoms with Gasteiger partial charge in [-0.15, -0.1) is 0 Å². The second-order valence-electron chi connectivity index (χ2n) is 5.56. The molecular weight excluding hydrogens is 286 g/mol. The van der Waals surface area contributed by atoms with Crippen molar-refractivity contribution in [3.8, 4) is 11.3 Å². The Balaban J connectivity index is 1.85. The Morgan fingerprint density at radius 1 is 1.00 bits per heavy atom. The summed E-state index contributed by atoms with van der Waals surface area (Å²) in [6.45, 7) is 2.17. The van der Waals surface area contributed by atoms with Crippen molar-refractivity contribution in [3.63, 3.8) is 0 Å². The molecule has 1 aromatic carbocycles. The highest BCUT2D eigenvalue weighted by atomic mass is 16.1. The number of H-pyrrole nitrogens is 1. The van der Waals surface area contributed by atoms with E-state index >= 15 is 0 Å². The van der Waals surface area contributed by atoms with Crippen LogP contribution in [0.1, 0.15) is 30.3 Å². The molecule has 0 atom stereocenters. The molecular formula is C19H19N3O. The van der Waals surface area contributed by atoms with Crippen LogP contribution in [-0.2, 0) is 12.8 Å². The van der Waals surface area contributed by atoms with Crippen molar-refractivity contribution in [2.75, 3.05) is 0 Å². The lowest BCUT2D eigenvalue weighted by Gasteiger charge is -2.06. The SMILES string of the molecule is CCCc1ccc(Cc2nc(=O)cc(-c3ccncc3)[nH]2)cc1. The van der Waals surface area contributed by atoms with Crippen LogP contribution in [0.3, 0.4) is 0 Å². The lowest BCUT2D eigenvalue weighted by molar-refractivity contribution is 0.916. The van der Waals surface area contributed by atoms with E-state index in [1.54, 1.807) is 12.4 Å². The van der Waals surface area contributed by atoms with Crippen LogP contribution in [0.2, 0.25) is 0 Å². The van der Waals surface area contributed by atoms with Gasteiger partial charge in [-0.1, -0.05) is 37.6 Å². The first-order valence-electron chi connectivity index (χ1n) is 7.83. The van der Waals surface area contributed by atoms with E-state index in [-0.39, 0.29) is 5.56 Å². The Hall–Kier alpha value is -2.75. The zero-order chi connectivity index (χ0) is 16.1. The summed E-state index contributed by atoms with van der Waals surface area (Å²) in [5.41, 5.74) is 3.94. The van der Waals surface area contributed by atoms with Gasteiger partial charge in [0.15, 0.2) is 0 Å². The number of nitrogens with one attached hydrogen (secondary N) is 1. The molecule has 4 heteroatoms. The highest BCUT2D eigenvalue weighted by Crippen LogP contribution is 2.15. The van der Waals surface area contributed by atoms with E-state index < -0.39 is 0 Å². The Bertz CT molecular complexity index is 823. The minimum absolute atomic E-state index is 0.229. The number of aryl methyl sites for hydroxylation is 1. The fourth-order valence-corrected chi connectivity index (χ4v) is 2.58. The molecule has 0 aliphatic carbocycles. The summed E-state index contributed by atoms with van der Waals surface area (Å²) < 4.78 is 0. The second-order valence-corrected chi connectivity index (χ2v) is 5.56. The van der Waals surface area contributed by atoms with Crippen molar-refractivity contribution in [2.24, 2.45) is 0 Å². The van der Waals surface area contributed by atoms with Gasteiger partial charge in [-0.3, -0.25) is 9.78 Å². The van der Waals surface area contributed by atoms with Gasteiger partial charge in [-0.25, -0.2) is 0 Å². The summed E-state index contributed by atoms with van der Waals surface area (Å²) in [5, 5.41) is 0. The molecule has 23 heavy (non-hydrogen) atoms. The number of hydrogen-bond donors (Lipinski definition) is 1. The second kappa shape index (κ2) is 7.01. The molecule has 0 bridgehead atoms. The summed E-state index contributed by atoms with van der Waals surface area (Å²) in [4.78, 5) is 23.2. The van der Waals surface area contributed by atoms with Crippen LogP contribution in [0.25, 0.3) is 11.3 Å². The predicted octanol–water partition coefficient (Wildman–Crippen LogP) is 3.38. The van der Waals surface area contributed by atoms with Crippen molar-refractivity contribution >= 4 is 0 Å². The van der Waals surface area contributed by atoms with Gasteiger partial charge in [0.25, 0.3) is 5.56 Å². The third-order valence-corrected chi connectivity index (χ3v) is 3.72. The first-order valence-corrected chi connectivity index (χ1v) is 7.83. The normalized spacial score (nSPS) is 10.7. The number of nitrogens with zero attached hydrogens (tertiary/aromatic N) is 2. The van der Waals surface area contributed by atoms with Crippen LogP contribution in [0.15, 0.2) is 59.7 Å². The number of rotatable bonds is 5.